The number of benzene rings is 1. The van der Waals surface area contributed by atoms with E-state index in [0.29, 0.717) is 19.6 Å². The van der Waals surface area contributed by atoms with Gasteiger partial charge in [0.1, 0.15) is 13.2 Å². The van der Waals surface area contributed by atoms with Gasteiger partial charge in [-0.3, -0.25) is 4.79 Å². The highest BCUT2D eigenvalue weighted by molar-refractivity contribution is 7.09. The average Bonchev–Trinajstić information content (AvgIpc) is 3.11. The third kappa shape index (κ3) is 4.35. The maximum atomic E-state index is 12.6. The second-order valence-corrected chi connectivity index (χ2v) is 7.98. The average molecular weight is 388 g/mol. The zero-order chi connectivity index (χ0) is 18.6. The molecule has 144 valence electrons. The number of hydrogen-bond donors (Lipinski definition) is 1. The standard InChI is InChI=1S/C20H25N3O3S/c1-14-19(27-13-21-14)6-7-20(24)23-8-2-3-16(12-23)22-15-4-5-17-18(11-15)26-10-9-25-17/h4-5,11,13,16,22H,2-3,6-10,12H2,1H3/t16-/m0/s1. The fourth-order valence-corrected chi connectivity index (χ4v) is 4.42. The van der Waals surface area contributed by atoms with Crippen LogP contribution < -0.4 is 14.8 Å². The van der Waals surface area contributed by atoms with E-state index in [1.54, 1.807) is 11.3 Å². The van der Waals surface area contributed by atoms with Crippen LogP contribution in [0.5, 0.6) is 11.5 Å². The van der Waals surface area contributed by atoms with E-state index < -0.39 is 0 Å². The number of amides is 1. The zero-order valence-corrected chi connectivity index (χ0v) is 16.4. The fourth-order valence-electron chi connectivity index (χ4n) is 3.64. The molecular weight excluding hydrogens is 362 g/mol. The number of aryl methyl sites for hydroxylation is 2. The molecule has 6 nitrogen and oxygen atoms in total. The number of nitrogens with zero attached hydrogens (tertiary/aromatic N) is 2. The highest BCUT2D eigenvalue weighted by Crippen LogP contribution is 2.33. The Hall–Kier alpha value is -2.28. The number of rotatable bonds is 5. The van der Waals surface area contributed by atoms with Crippen molar-refractivity contribution in [3.8, 4) is 11.5 Å². The van der Waals surface area contributed by atoms with Gasteiger partial charge in [0.15, 0.2) is 11.5 Å². The largest absolute Gasteiger partial charge is 0.486 e. The molecule has 27 heavy (non-hydrogen) atoms. The summed E-state index contributed by atoms with van der Waals surface area (Å²) >= 11 is 1.64. The lowest BCUT2D eigenvalue weighted by Gasteiger charge is -2.34. The Labute approximate surface area is 163 Å². The van der Waals surface area contributed by atoms with E-state index in [1.807, 2.05) is 35.5 Å². The molecule has 1 amide bonds. The van der Waals surface area contributed by atoms with Gasteiger partial charge in [0.2, 0.25) is 5.91 Å². The molecule has 0 unspecified atom stereocenters. The van der Waals surface area contributed by atoms with E-state index in [9.17, 15) is 4.79 Å². The first-order chi connectivity index (χ1) is 13.2. The molecule has 1 saturated heterocycles. The molecule has 2 aliphatic heterocycles. The van der Waals surface area contributed by atoms with Crippen LogP contribution in [-0.4, -0.2) is 48.1 Å². The number of thiazole rings is 1. The molecule has 4 rings (SSSR count). The van der Waals surface area contributed by atoms with E-state index in [1.165, 1.54) is 4.88 Å². The molecule has 0 saturated carbocycles. The molecule has 7 heteroatoms. The number of nitrogens with one attached hydrogen (secondary N) is 1. The van der Waals surface area contributed by atoms with Crippen LogP contribution in [0.15, 0.2) is 23.7 Å². The van der Waals surface area contributed by atoms with Gasteiger partial charge in [0.25, 0.3) is 0 Å². The number of ether oxygens (including phenoxy) is 2. The van der Waals surface area contributed by atoms with Crippen molar-refractivity contribution < 1.29 is 14.3 Å². The molecule has 1 atom stereocenters. The molecule has 0 radical (unpaired) electrons. The van der Waals surface area contributed by atoms with Crippen LogP contribution in [0.1, 0.15) is 29.8 Å². The summed E-state index contributed by atoms with van der Waals surface area (Å²) in [5, 5.41) is 3.56. The van der Waals surface area contributed by atoms with Crippen LogP contribution in [0.3, 0.4) is 0 Å². The maximum absolute atomic E-state index is 12.6. The van der Waals surface area contributed by atoms with Crippen molar-refractivity contribution in [2.45, 2.75) is 38.6 Å². The molecule has 0 aliphatic carbocycles. The number of fused-ring (bicyclic) bond motifs is 1. The van der Waals surface area contributed by atoms with Gasteiger partial charge in [-0.2, -0.15) is 0 Å². The number of carbonyl (C=O) groups excluding carboxylic acids is 1. The van der Waals surface area contributed by atoms with Crippen LogP contribution in [0.4, 0.5) is 5.69 Å². The summed E-state index contributed by atoms with van der Waals surface area (Å²) in [4.78, 5) is 20.1. The van der Waals surface area contributed by atoms with Crippen LogP contribution in [0.2, 0.25) is 0 Å². The summed E-state index contributed by atoms with van der Waals surface area (Å²) in [6.45, 7) is 4.78. The first-order valence-corrected chi connectivity index (χ1v) is 10.4. The smallest absolute Gasteiger partial charge is 0.223 e. The second-order valence-electron chi connectivity index (χ2n) is 7.04. The third-order valence-corrected chi connectivity index (χ3v) is 6.09. The lowest BCUT2D eigenvalue weighted by Crippen LogP contribution is -2.45. The Morgan fingerprint density at radius 2 is 2.19 bits per heavy atom. The normalized spacial score (nSPS) is 19.0. The minimum Gasteiger partial charge on any atom is -0.486 e. The lowest BCUT2D eigenvalue weighted by molar-refractivity contribution is -0.132. The Kier molecular flexibility index (Phi) is 5.48. The van der Waals surface area contributed by atoms with Crippen LogP contribution in [-0.2, 0) is 11.2 Å². The number of carbonyl (C=O) groups is 1. The zero-order valence-electron chi connectivity index (χ0n) is 15.6. The Balaban J connectivity index is 1.32. The predicted molar refractivity (Wildman–Crippen MR) is 106 cm³/mol. The summed E-state index contributed by atoms with van der Waals surface area (Å²) in [7, 11) is 0. The highest BCUT2D eigenvalue weighted by atomic mass is 32.1. The van der Waals surface area contributed by atoms with E-state index in [-0.39, 0.29) is 11.9 Å². The number of hydrogen-bond acceptors (Lipinski definition) is 6. The van der Waals surface area contributed by atoms with Crippen LogP contribution >= 0.6 is 11.3 Å². The third-order valence-electron chi connectivity index (χ3n) is 5.10. The quantitative estimate of drug-likeness (QED) is 0.853. The Bertz CT molecular complexity index is 808. The Morgan fingerprint density at radius 1 is 1.33 bits per heavy atom. The summed E-state index contributed by atoms with van der Waals surface area (Å²) in [5.74, 6) is 1.82. The topological polar surface area (TPSA) is 63.7 Å². The molecule has 2 aliphatic rings. The Morgan fingerprint density at radius 3 is 3.00 bits per heavy atom. The first-order valence-electron chi connectivity index (χ1n) is 9.52. The lowest BCUT2D eigenvalue weighted by atomic mass is 10.0. The number of piperidine rings is 1. The van der Waals surface area contributed by atoms with Crippen molar-refractivity contribution in [1.29, 1.82) is 0 Å². The van der Waals surface area contributed by atoms with Crippen molar-refractivity contribution in [2.75, 3.05) is 31.6 Å². The summed E-state index contributed by atoms with van der Waals surface area (Å²) in [6, 6.07) is 6.21. The molecule has 1 N–H and O–H groups in total. The summed E-state index contributed by atoms with van der Waals surface area (Å²) in [6.07, 6.45) is 3.42. The molecule has 0 bridgehead atoms. The van der Waals surface area contributed by atoms with Gasteiger partial charge in [-0.05, 0) is 38.3 Å². The van der Waals surface area contributed by atoms with Gasteiger partial charge in [-0.25, -0.2) is 4.98 Å². The number of likely N-dealkylation sites (tertiary alicyclic amines) is 1. The molecule has 1 aromatic heterocycles. The van der Waals surface area contributed by atoms with E-state index >= 15 is 0 Å². The van der Waals surface area contributed by atoms with Crippen molar-refractivity contribution in [2.24, 2.45) is 0 Å². The van der Waals surface area contributed by atoms with Gasteiger partial charge in [0.05, 0.1) is 11.2 Å². The van der Waals surface area contributed by atoms with E-state index in [4.69, 9.17) is 9.47 Å². The molecular formula is C20H25N3O3S. The van der Waals surface area contributed by atoms with Crippen molar-refractivity contribution >= 4 is 22.9 Å². The predicted octanol–water partition coefficient (Wildman–Crippen LogP) is 3.26. The minimum atomic E-state index is 0.233. The monoisotopic (exact) mass is 387 g/mol. The number of aromatic nitrogens is 1. The fraction of sp³-hybridized carbons (Fsp3) is 0.500. The van der Waals surface area contributed by atoms with Gasteiger partial charge >= 0.3 is 0 Å². The van der Waals surface area contributed by atoms with Crippen LogP contribution in [0.25, 0.3) is 0 Å². The molecule has 3 heterocycles. The maximum Gasteiger partial charge on any atom is 0.223 e. The van der Waals surface area contributed by atoms with Crippen molar-refractivity contribution in [1.82, 2.24) is 9.88 Å². The van der Waals surface area contributed by atoms with Crippen molar-refractivity contribution in [3.05, 3.63) is 34.3 Å². The van der Waals surface area contributed by atoms with Crippen molar-refractivity contribution in [3.63, 3.8) is 0 Å². The molecule has 2 aromatic rings. The molecule has 0 spiro atoms. The molecule has 1 aromatic carbocycles. The van der Waals surface area contributed by atoms with Gasteiger partial charge in [-0.15, -0.1) is 11.3 Å². The SMILES string of the molecule is Cc1ncsc1CCC(=O)N1CCC[C@H](Nc2ccc3c(c2)OCCO3)C1. The molecule has 1 fully saturated rings. The van der Waals surface area contributed by atoms with E-state index in [2.05, 4.69) is 10.3 Å². The summed E-state index contributed by atoms with van der Waals surface area (Å²) in [5.41, 5.74) is 3.91. The van der Waals surface area contributed by atoms with Gasteiger partial charge in [0, 0.05) is 42.2 Å². The number of anilines is 1. The summed E-state index contributed by atoms with van der Waals surface area (Å²) < 4.78 is 11.2. The highest BCUT2D eigenvalue weighted by Gasteiger charge is 2.24. The second kappa shape index (κ2) is 8.17. The van der Waals surface area contributed by atoms with E-state index in [0.717, 1.165) is 55.2 Å². The first kappa shape index (κ1) is 18.1. The minimum absolute atomic E-state index is 0.233. The van der Waals surface area contributed by atoms with Crippen LogP contribution in [0, 0.1) is 6.92 Å². The van der Waals surface area contributed by atoms with Gasteiger partial charge in [-0.1, -0.05) is 0 Å². The van der Waals surface area contributed by atoms with Gasteiger partial charge < -0.3 is 19.7 Å².